The molecule has 0 radical (unpaired) electrons. The topological polar surface area (TPSA) is 117 Å². The van der Waals surface area contributed by atoms with Crippen LogP contribution in [0.4, 0.5) is 5.69 Å². The number of carbonyl (C=O) groups is 2. The van der Waals surface area contributed by atoms with Gasteiger partial charge >= 0.3 is 0 Å². The van der Waals surface area contributed by atoms with E-state index in [1.54, 1.807) is 19.2 Å². The monoisotopic (exact) mass is 486 g/mol. The molecule has 2 amide bonds. The molecule has 10 nitrogen and oxygen atoms in total. The smallest absolute Gasteiger partial charge is 0.274 e. The molecule has 0 atom stereocenters. The summed E-state index contributed by atoms with van der Waals surface area (Å²) >= 11 is 0. The minimum atomic E-state index is -0.325. The Morgan fingerprint density at radius 3 is 2.64 bits per heavy atom. The number of pyridine rings is 1. The molecule has 10 heteroatoms. The number of carbonyl (C=O) groups excluding carboxylic acids is 2. The van der Waals surface area contributed by atoms with Crippen LogP contribution in [0.5, 0.6) is 0 Å². The van der Waals surface area contributed by atoms with Crippen molar-refractivity contribution in [2.75, 3.05) is 39.2 Å². The summed E-state index contributed by atoms with van der Waals surface area (Å²) in [5.74, 6) is -0.610. The van der Waals surface area contributed by atoms with Gasteiger partial charge in [0.05, 0.1) is 30.8 Å². The Balaban J connectivity index is 1.37. The van der Waals surface area contributed by atoms with Crippen LogP contribution in [0, 0.1) is 0 Å². The maximum atomic E-state index is 13.2. The van der Waals surface area contributed by atoms with Crippen LogP contribution in [0.1, 0.15) is 40.5 Å². The second-order valence-corrected chi connectivity index (χ2v) is 9.17. The molecule has 1 fully saturated rings. The van der Waals surface area contributed by atoms with E-state index in [4.69, 9.17) is 0 Å². The zero-order chi connectivity index (χ0) is 25.1. The van der Waals surface area contributed by atoms with Crippen molar-refractivity contribution in [1.29, 1.82) is 0 Å². The number of nitrogens with one attached hydrogen (secondary N) is 3. The third kappa shape index (κ3) is 5.05. The molecule has 3 aromatic rings. The molecule has 4 heterocycles. The Bertz CT molecular complexity index is 1290. The van der Waals surface area contributed by atoms with Crippen molar-refractivity contribution in [2.24, 2.45) is 4.99 Å². The van der Waals surface area contributed by atoms with Crippen molar-refractivity contribution < 1.29 is 9.59 Å². The highest BCUT2D eigenvalue weighted by Gasteiger charge is 2.22. The lowest BCUT2D eigenvalue weighted by molar-refractivity contribution is -0.110. The lowest BCUT2D eigenvalue weighted by Crippen LogP contribution is -2.31. The van der Waals surface area contributed by atoms with Crippen molar-refractivity contribution in [3.05, 3.63) is 65.7 Å². The first-order valence-electron chi connectivity index (χ1n) is 12.1. The van der Waals surface area contributed by atoms with E-state index in [-0.39, 0.29) is 17.5 Å². The van der Waals surface area contributed by atoms with Crippen LogP contribution < -0.4 is 16.0 Å². The number of rotatable bonds is 5. The Kier molecular flexibility index (Phi) is 6.88. The van der Waals surface area contributed by atoms with Gasteiger partial charge in [-0.05, 0) is 62.3 Å². The quantitative estimate of drug-likeness (QED) is 0.508. The first kappa shape index (κ1) is 23.8. The van der Waals surface area contributed by atoms with Gasteiger partial charge in [-0.3, -0.25) is 24.6 Å². The lowest BCUT2D eigenvalue weighted by atomic mass is 9.97. The summed E-state index contributed by atoms with van der Waals surface area (Å²) in [4.78, 5) is 36.0. The zero-order valence-corrected chi connectivity index (χ0v) is 20.5. The van der Waals surface area contributed by atoms with Crippen molar-refractivity contribution in [3.8, 4) is 11.1 Å². The highest BCUT2D eigenvalue weighted by Crippen LogP contribution is 2.27. The van der Waals surface area contributed by atoms with Crippen LogP contribution in [-0.4, -0.2) is 71.0 Å². The predicted molar refractivity (Wildman–Crippen MR) is 138 cm³/mol. The highest BCUT2D eigenvalue weighted by atomic mass is 16.2. The standard InChI is InChI=1S/C26H30N8O2/c1-27-25(35)23-6-5-20(14-29-23)32-26(36)24-22-11-17(3-4-18(22)12-28-16-30-24)19-13-31-34(15-19)21-7-9-33(2)10-8-21/h3-6,11,13-15,21,28H,7-10,12,16H2,1-2H3,(H,27,35)(H,32,36). The van der Waals surface area contributed by atoms with Gasteiger partial charge in [0, 0.05) is 30.9 Å². The van der Waals surface area contributed by atoms with Crippen LogP contribution in [0.3, 0.4) is 0 Å². The van der Waals surface area contributed by atoms with Gasteiger partial charge in [-0.2, -0.15) is 5.10 Å². The summed E-state index contributed by atoms with van der Waals surface area (Å²) in [5, 5.41) is 13.3. The summed E-state index contributed by atoms with van der Waals surface area (Å²) in [6.07, 6.45) is 7.63. The summed E-state index contributed by atoms with van der Waals surface area (Å²) in [5.41, 5.74) is 4.93. The van der Waals surface area contributed by atoms with E-state index in [1.165, 1.54) is 6.20 Å². The van der Waals surface area contributed by atoms with E-state index in [9.17, 15) is 9.59 Å². The first-order chi connectivity index (χ1) is 17.5. The molecule has 2 aromatic heterocycles. The number of hydrogen-bond acceptors (Lipinski definition) is 7. The molecule has 186 valence electrons. The third-order valence-electron chi connectivity index (χ3n) is 6.72. The van der Waals surface area contributed by atoms with Gasteiger partial charge in [-0.1, -0.05) is 12.1 Å². The second-order valence-electron chi connectivity index (χ2n) is 9.17. The summed E-state index contributed by atoms with van der Waals surface area (Å²) in [7, 11) is 3.70. The van der Waals surface area contributed by atoms with Gasteiger partial charge in [-0.25, -0.2) is 4.98 Å². The van der Waals surface area contributed by atoms with Crippen LogP contribution in [0.25, 0.3) is 11.1 Å². The average molecular weight is 487 g/mol. The molecule has 36 heavy (non-hydrogen) atoms. The van der Waals surface area contributed by atoms with Crippen molar-refractivity contribution in [1.82, 2.24) is 30.3 Å². The summed E-state index contributed by atoms with van der Waals surface area (Å²) < 4.78 is 2.08. The number of anilines is 1. The van der Waals surface area contributed by atoms with Crippen LogP contribution >= 0.6 is 0 Å². The Labute approximate surface area is 209 Å². The predicted octanol–water partition coefficient (Wildman–Crippen LogP) is 2.06. The highest BCUT2D eigenvalue weighted by molar-refractivity contribution is 6.49. The minimum absolute atomic E-state index is 0.280. The zero-order valence-electron chi connectivity index (χ0n) is 20.5. The number of amides is 2. The molecule has 0 bridgehead atoms. The normalized spacial score (nSPS) is 16.6. The third-order valence-corrected chi connectivity index (χ3v) is 6.72. The molecule has 2 aliphatic rings. The molecule has 0 spiro atoms. The molecule has 1 saturated heterocycles. The van der Waals surface area contributed by atoms with Crippen LogP contribution in [-0.2, 0) is 11.3 Å². The Hall–Kier alpha value is -3.89. The molecule has 0 aliphatic carbocycles. The lowest BCUT2D eigenvalue weighted by Gasteiger charge is -2.28. The molecular formula is C26H30N8O2. The first-order valence-corrected chi connectivity index (χ1v) is 12.1. The summed E-state index contributed by atoms with van der Waals surface area (Å²) in [6.45, 7) is 3.11. The Morgan fingerprint density at radius 1 is 1.06 bits per heavy atom. The van der Waals surface area contributed by atoms with Gasteiger partial charge in [-0.15, -0.1) is 0 Å². The van der Waals surface area contributed by atoms with Crippen LogP contribution in [0.2, 0.25) is 0 Å². The van der Waals surface area contributed by atoms with Crippen LogP contribution in [0.15, 0.2) is 53.9 Å². The fourth-order valence-electron chi connectivity index (χ4n) is 4.60. The van der Waals surface area contributed by atoms with E-state index < -0.39 is 0 Å². The molecule has 0 saturated carbocycles. The van der Waals surface area contributed by atoms with E-state index in [1.807, 2.05) is 18.3 Å². The minimum Gasteiger partial charge on any atom is -0.354 e. The number of benzene rings is 1. The van der Waals surface area contributed by atoms with Gasteiger partial charge in [0.25, 0.3) is 11.8 Å². The number of nitrogens with zero attached hydrogens (tertiary/aromatic N) is 5. The maximum Gasteiger partial charge on any atom is 0.274 e. The molecule has 5 rings (SSSR count). The van der Waals surface area contributed by atoms with E-state index in [0.717, 1.165) is 48.2 Å². The molecule has 2 aliphatic heterocycles. The number of fused-ring (bicyclic) bond motifs is 1. The van der Waals surface area contributed by atoms with Gasteiger partial charge < -0.3 is 15.5 Å². The SMILES string of the molecule is CNC(=O)c1ccc(NC(=O)C2=NCNCc3ccc(-c4cnn(C5CCN(C)CC5)c4)cc32)cn1. The summed E-state index contributed by atoms with van der Waals surface area (Å²) in [6, 6.07) is 9.76. The van der Waals surface area contributed by atoms with E-state index >= 15 is 0 Å². The van der Waals surface area contributed by atoms with Crippen molar-refractivity contribution in [3.63, 3.8) is 0 Å². The molecular weight excluding hydrogens is 456 g/mol. The van der Waals surface area contributed by atoms with Gasteiger partial charge in [0.2, 0.25) is 0 Å². The fraction of sp³-hybridized carbons (Fsp3) is 0.346. The van der Waals surface area contributed by atoms with E-state index in [0.29, 0.717) is 30.7 Å². The number of likely N-dealkylation sites (tertiary alicyclic amines) is 1. The Morgan fingerprint density at radius 2 is 1.89 bits per heavy atom. The molecule has 0 unspecified atom stereocenters. The fourth-order valence-corrected chi connectivity index (χ4v) is 4.60. The van der Waals surface area contributed by atoms with E-state index in [2.05, 4.69) is 59.9 Å². The van der Waals surface area contributed by atoms with Crippen molar-refractivity contribution >= 4 is 23.2 Å². The number of hydrogen-bond donors (Lipinski definition) is 3. The largest absolute Gasteiger partial charge is 0.354 e. The number of aromatic nitrogens is 3. The van der Waals surface area contributed by atoms with Gasteiger partial charge in [0.15, 0.2) is 0 Å². The number of aliphatic imine (C=N–C) groups is 1. The molecule has 1 aromatic carbocycles. The number of piperidine rings is 1. The average Bonchev–Trinajstić information content (AvgIpc) is 3.30. The maximum absolute atomic E-state index is 13.2. The molecule has 3 N–H and O–H groups in total. The second kappa shape index (κ2) is 10.4. The van der Waals surface area contributed by atoms with Crippen molar-refractivity contribution in [2.45, 2.75) is 25.4 Å². The van der Waals surface area contributed by atoms with Gasteiger partial charge in [0.1, 0.15) is 11.4 Å².